The topological polar surface area (TPSA) is 40.5 Å². The Balaban J connectivity index is 2.61. The smallest absolute Gasteiger partial charge is 0.326 e. The van der Waals surface area contributed by atoms with Crippen LogP contribution in [-0.2, 0) is 4.79 Å². The van der Waals surface area contributed by atoms with Crippen LogP contribution in [0.5, 0.6) is 0 Å². The summed E-state index contributed by atoms with van der Waals surface area (Å²) in [5.41, 5.74) is 3.41. The molecule has 3 heteroatoms. The van der Waals surface area contributed by atoms with Gasteiger partial charge in [0.05, 0.1) is 0 Å². The summed E-state index contributed by atoms with van der Waals surface area (Å²) >= 11 is 0. The number of hydrogen-bond acceptors (Lipinski definition) is 2. The van der Waals surface area contributed by atoms with Crippen molar-refractivity contribution in [2.75, 3.05) is 4.90 Å². The Hall–Kier alpha value is -1.51. The summed E-state index contributed by atoms with van der Waals surface area (Å²) in [6.07, 6.45) is 1.59. The minimum Gasteiger partial charge on any atom is -0.480 e. The first-order valence-electron chi connectivity index (χ1n) is 7.40. The number of fused-ring (bicyclic) bond motifs is 1. The molecule has 2 atom stereocenters. The van der Waals surface area contributed by atoms with Crippen LogP contribution in [0.4, 0.5) is 5.69 Å². The molecular formula is C17H25NO2. The van der Waals surface area contributed by atoms with E-state index in [1.807, 2.05) is 6.92 Å². The number of aliphatic carboxylic acids is 1. The summed E-state index contributed by atoms with van der Waals surface area (Å²) in [6, 6.07) is 5.95. The van der Waals surface area contributed by atoms with Gasteiger partial charge in [-0.15, -0.1) is 0 Å². The largest absolute Gasteiger partial charge is 0.480 e. The van der Waals surface area contributed by atoms with Crippen LogP contribution in [0.25, 0.3) is 0 Å². The van der Waals surface area contributed by atoms with E-state index >= 15 is 0 Å². The molecule has 1 aliphatic heterocycles. The maximum Gasteiger partial charge on any atom is 0.326 e. The minimum atomic E-state index is -0.734. The quantitative estimate of drug-likeness (QED) is 0.908. The molecule has 0 saturated heterocycles. The Morgan fingerprint density at radius 3 is 2.70 bits per heavy atom. The molecule has 1 N–H and O–H groups in total. The van der Waals surface area contributed by atoms with Crippen LogP contribution >= 0.6 is 0 Å². The van der Waals surface area contributed by atoms with Gasteiger partial charge in [0.15, 0.2) is 0 Å². The molecule has 110 valence electrons. The van der Waals surface area contributed by atoms with E-state index in [0.717, 1.165) is 12.1 Å². The molecule has 0 aliphatic carbocycles. The summed E-state index contributed by atoms with van der Waals surface area (Å²) in [5.74, 6) is -0.272. The van der Waals surface area contributed by atoms with E-state index in [0.29, 0.717) is 12.3 Å². The SMILES string of the molecule is CC[C@H](C(=O)O)N1c2cc(C)ccc2[C@@H](C)CC1(C)C. The lowest BCUT2D eigenvalue weighted by atomic mass is 9.78. The van der Waals surface area contributed by atoms with Gasteiger partial charge in [0, 0.05) is 11.2 Å². The van der Waals surface area contributed by atoms with Crippen molar-refractivity contribution in [2.45, 2.75) is 65.0 Å². The molecule has 1 aromatic rings. The number of aryl methyl sites for hydroxylation is 1. The Bertz CT molecular complexity index is 522. The van der Waals surface area contributed by atoms with Crippen LogP contribution in [0.2, 0.25) is 0 Å². The summed E-state index contributed by atoms with van der Waals surface area (Å²) in [7, 11) is 0. The molecule has 1 aliphatic rings. The van der Waals surface area contributed by atoms with E-state index < -0.39 is 12.0 Å². The van der Waals surface area contributed by atoms with Gasteiger partial charge in [-0.2, -0.15) is 0 Å². The van der Waals surface area contributed by atoms with Crippen molar-refractivity contribution in [1.29, 1.82) is 0 Å². The normalized spacial score (nSPS) is 22.2. The third-order valence-corrected chi connectivity index (χ3v) is 4.42. The van der Waals surface area contributed by atoms with Crippen molar-refractivity contribution in [3.63, 3.8) is 0 Å². The third-order valence-electron chi connectivity index (χ3n) is 4.42. The first kappa shape index (κ1) is 14.9. The molecule has 1 heterocycles. The lowest BCUT2D eigenvalue weighted by Gasteiger charge is -2.50. The van der Waals surface area contributed by atoms with Gasteiger partial charge >= 0.3 is 5.97 Å². The second-order valence-electron chi connectivity index (χ2n) is 6.61. The van der Waals surface area contributed by atoms with E-state index in [1.54, 1.807) is 0 Å². The average molecular weight is 275 g/mol. The van der Waals surface area contributed by atoms with E-state index in [1.165, 1.54) is 11.1 Å². The second-order valence-corrected chi connectivity index (χ2v) is 6.61. The van der Waals surface area contributed by atoms with Gasteiger partial charge in [-0.05, 0) is 56.7 Å². The Morgan fingerprint density at radius 2 is 2.15 bits per heavy atom. The first-order chi connectivity index (χ1) is 9.27. The number of carboxylic acids is 1. The van der Waals surface area contributed by atoms with Gasteiger partial charge in [0.1, 0.15) is 6.04 Å². The maximum atomic E-state index is 11.7. The van der Waals surface area contributed by atoms with Crippen LogP contribution in [0.3, 0.4) is 0 Å². The molecule has 1 aromatic carbocycles. The predicted octanol–water partition coefficient (Wildman–Crippen LogP) is 3.95. The van der Waals surface area contributed by atoms with Gasteiger partial charge in [-0.3, -0.25) is 0 Å². The van der Waals surface area contributed by atoms with E-state index in [-0.39, 0.29) is 5.54 Å². The van der Waals surface area contributed by atoms with Gasteiger partial charge in [-0.1, -0.05) is 26.0 Å². The zero-order chi connectivity index (χ0) is 15.1. The molecule has 20 heavy (non-hydrogen) atoms. The fourth-order valence-corrected chi connectivity index (χ4v) is 3.62. The zero-order valence-corrected chi connectivity index (χ0v) is 13.1. The monoisotopic (exact) mass is 275 g/mol. The minimum absolute atomic E-state index is 0.140. The molecule has 0 radical (unpaired) electrons. The van der Waals surface area contributed by atoms with Crippen LogP contribution in [0, 0.1) is 6.92 Å². The molecular weight excluding hydrogens is 250 g/mol. The molecule has 3 nitrogen and oxygen atoms in total. The third kappa shape index (κ3) is 2.41. The number of benzene rings is 1. The molecule has 0 bridgehead atoms. The summed E-state index contributed by atoms with van der Waals surface area (Å²) in [4.78, 5) is 13.8. The summed E-state index contributed by atoms with van der Waals surface area (Å²) in [6.45, 7) is 10.5. The van der Waals surface area contributed by atoms with Crippen LogP contribution in [-0.4, -0.2) is 22.7 Å². The molecule has 0 fully saturated rings. The van der Waals surface area contributed by atoms with Crippen LogP contribution < -0.4 is 4.90 Å². The fourth-order valence-electron chi connectivity index (χ4n) is 3.62. The summed E-state index contributed by atoms with van der Waals surface area (Å²) < 4.78 is 0. The zero-order valence-electron chi connectivity index (χ0n) is 13.1. The van der Waals surface area contributed by atoms with Crippen molar-refractivity contribution in [3.05, 3.63) is 29.3 Å². The Labute approximate surface area is 121 Å². The predicted molar refractivity (Wildman–Crippen MR) is 82.5 cm³/mol. The summed E-state index contributed by atoms with van der Waals surface area (Å²) in [5, 5.41) is 9.58. The number of rotatable bonds is 3. The molecule has 0 unspecified atom stereocenters. The van der Waals surface area contributed by atoms with Crippen molar-refractivity contribution in [1.82, 2.24) is 0 Å². The molecule has 0 amide bonds. The van der Waals surface area contributed by atoms with E-state index in [4.69, 9.17) is 0 Å². The highest BCUT2D eigenvalue weighted by Gasteiger charge is 2.41. The van der Waals surface area contributed by atoms with Crippen molar-refractivity contribution in [2.24, 2.45) is 0 Å². The molecule has 0 aromatic heterocycles. The molecule has 0 spiro atoms. The Morgan fingerprint density at radius 1 is 1.50 bits per heavy atom. The average Bonchev–Trinajstić information content (AvgIpc) is 2.32. The maximum absolute atomic E-state index is 11.7. The number of anilines is 1. The number of nitrogens with zero attached hydrogens (tertiary/aromatic N) is 1. The van der Waals surface area contributed by atoms with Gasteiger partial charge in [-0.25, -0.2) is 4.79 Å². The number of carbonyl (C=O) groups is 1. The Kier molecular flexibility index (Phi) is 3.81. The molecule has 0 saturated carbocycles. The lowest BCUT2D eigenvalue weighted by molar-refractivity contribution is -0.139. The van der Waals surface area contributed by atoms with E-state index in [9.17, 15) is 9.90 Å². The highest BCUT2D eigenvalue weighted by atomic mass is 16.4. The second kappa shape index (κ2) is 5.12. The van der Waals surface area contributed by atoms with Gasteiger partial charge in [0.25, 0.3) is 0 Å². The standard InChI is InChI=1S/C17H25NO2/c1-6-14(16(19)20)18-15-9-11(2)7-8-13(15)12(3)10-17(18,4)5/h7-9,12,14H,6,10H2,1-5H3,(H,19,20)/t12-,14+/m0/s1. The van der Waals surface area contributed by atoms with E-state index in [2.05, 4.69) is 50.8 Å². The highest BCUT2D eigenvalue weighted by molar-refractivity contribution is 5.80. The van der Waals surface area contributed by atoms with Gasteiger partial charge in [0.2, 0.25) is 0 Å². The fraction of sp³-hybridized carbons (Fsp3) is 0.588. The van der Waals surface area contributed by atoms with Crippen molar-refractivity contribution in [3.8, 4) is 0 Å². The van der Waals surface area contributed by atoms with Crippen LogP contribution in [0.15, 0.2) is 18.2 Å². The first-order valence-corrected chi connectivity index (χ1v) is 7.40. The molecule has 2 rings (SSSR count). The van der Waals surface area contributed by atoms with Crippen molar-refractivity contribution >= 4 is 11.7 Å². The van der Waals surface area contributed by atoms with Crippen molar-refractivity contribution < 1.29 is 9.90 Å². The highest BCUT2D eigenvalue weighted by Crippen LogP contribution is 2.45. The van der Waals surface area contributed by atoms with Gasteiger partial charge < -0.3 is 10.0 Å². The number of carboxylic acid groups (broad SMARTS) is 1. The number of hydrogen-bond donors (Lipinski definition) is 1. The lowest BCUT2D eigenvalue weighted by Crippen LogP contribution is -2.56. The van der Waals surface area contributed by atoms with Crippen LogP contribution in [0.1, 0.15) is 57.6 Å².